The Kier molecular flexibility index (Phi) is 4.58. The van der Waals surface area contributed by atoms with Crippen LogP contribution in [-0.2, 0) is 0 Å². The first-order valence-corrected chi connectivity index (χ1v) is 10.7. The first kappa shape index (κ1) is 20.0. The number of pyridine rings is 3. The van der Waals surface area contributed by atoms with E-state index in [-0.39, 0.29) is 5.82 Å². The van der Waals surface area contributed by atoms with E-state index in [0.29, 0.717) is 22.6 Å². The van der Waals surface area contributed by atoms with Gasteiger partial charge in [-0.15, -0.1) is 0 Å². The van der Waals surface area contributed by atoms with Gasteiger partial charge in [-0.2, -0.15) is 5.10 Å². The molecule has 1 aromatic carbocycles. The maximum atomic E-state index is 14.2. The molecule has 0 radical (unpaired) electrons. The van der Waals surface area contributed by atoms with Gasteiger partial charge in [0.25, 0.3) is 0 Å². The molecule has 0 aliphatic carbocycles. The van der Waals surface area contributed by atoms with Crippen LogP contribution >= 0.6 is 0 Å². The van der Waals surface area contributed by atoms with Gasteiger partial charge in [-0.1, -0.05) is 0 Å². The van der Waals surface area contributed by atoms with E-state index in [4.69, 9.17) is 4.74 Å². The molecule has 2 N–H and O–H groups in total. The number of nitrogens with one attached hydrogen (secondary N) is 2. The maximum absolute atomic E-state index is 14.2. The van der Waals surface area contributed by atoms with Gasteiger partial charge in [-0.3, -0.25) is 10.1 Å². The number of ether oxygens (including phenoxy) is 1. The van der Waals surface area contributed by atoms with Gasteiger partial charge in [0, 0.05) is 52.8 Å². The van der Waals surface area contributed by atoms with Crippen molar-refractivity contribution >= 4 is 22.1 Å². The minimum atomic E-state index is -0.363. The fourth-order valence-corrected chi connectivity index (χ4v) is 4.26. The van der Waals surface area contributed by atoms with Gasteiger partial charge in [0.05, 0.1) is 12.8 Å². The van der Waals surface area contributed by atoms with Crippen LogP contribution < -0.4 is 4.74 Å². The van der Waals surface area contributed by atoms with Gasteiger partial charge in [0.15, 0.2) is 5.65 Å². The summed E-state index contributed by atoms with van der Waals surface area (Å²) in [6, 6.07) is 12.5. The van der Waals surface area contributed by atoms with Crippen LogP contribution in [0.15, 0.2) is 67.3 Å². The first-order valence-electron chi connectivity index (χ1n) is 10.7. The van der Waals surface area contributed by atoms with Crippen molar-refractivity contribution in [2.24, 2.45) is 0 Å². The molecule has 7 nitrogen and oxygen atoms in total. The summed E-state index contributed by atoms with van der Waals surface area (Å²) in [5.74, 6) is 0.0935. The molecule has 8 heteroatoms. The third kappa shape index (κ3) is 3.27. The monoisotopic (exact) mass is 450 g/mol. The number of nitrogens with zero attached hydrogens (tertiary/aromatic N) is 4. The van der Waals surface area contributed by atoms with Crippen LogP contribution in [0, 0.1) is 12.7 Å². The second-order valence-corrected chi connectivity index (χ2v) is 8.07. The molecule has 166 valence electrons. The Morgan fingerprint density at radius 2 is 1.76 bits per heavy atom. The highest BCUT2D eigenvalue weighted by Gasteiger charge is 2.16. The lowest BCUT2D eigenvalue weighted by Gasteiger charge is -2.06. The minimum absolute atomic E-state index is 0.363. The summed E-state index contributed by atoms with van der Waals surface area (Å²) < 4.78 is 19.4. The minimum Gasteiger partial charge on any atom is -0.497 e. The normalized spacial score (nSPS) is 11.4. The van der Waals surface area contributed by atoms with E-state index in [2.05, 4.69) is 36.2 Å². The number of halogens is 1. The van der Waals surface area contributed by atoms with Crippen LogP contribution in [0.3, 0.4) is 0 Å². The molecule has 0 spiro atoms. The molecule has 0 amide bonds. The molecule has 6 aromatic rings. The molecule has 0 bridgehead atoms. The molecule has 0 aliphatic heterocycles. The van der Waals surface area contributed by atoms with Crippen molar-refractivity contribution in [3.05, 3.63) is 78.6 Å². The van der Waals surface area contributed by atoms with E-state index in [1.165, 1.54) is 19.2 Å². The molecule has 6 rings (SSSR count). The zero-order chi connectivity index (χ0) is 23.2. The molecule has 0 saturated carbocycles. The number of aromatic nitrogens is 6. The van der Waals surface area contributed by atoms with E-state index in [0.717, 1.165) is 44.4 Å². The maximum Gasteiger partial charge on any atom is 0.155 e. The van der Waals surface area contributed by atoms with Gasteiger partial charge >= 0.3 is 0 Å². The average Bonchev–Trinajstić information content (AvgIpc) is 3.47. The van der Waals surface area contributed by atoms with E-state index in [1.807, 2.05) is 37.5 Å². The fraction of sp³-hybridized carbons (Fsp3) is 0.0769. The number of aryl methyl sites for hydroxylation is 1. The highest BCUT2D eigenvalue weighted by atomic mass is 19.1. The topological polar surface area (TPSA) is 92.4 Å². The van der Waals surface area contributed by atoms with Crippen molar-refractivity contribution in [1.29, 1.82) is 0 Å². The molecular formula is C26H19FN6O. The summed E-state index contributed by atoms with van der Waals surface area (Å²) in [5, 5.41) is 9.26. The average molecular weight is 450 g/mol. The predicted molar refractivity (Wildman–Crippen MR) is 129 cm³/mol. The largest absolute Gasteiger partial charge is 0.497 e. The van der Waals surface area contributed by atoms with Gasteiger partial charge in [0.2, 0.25) is 0 Å². The number of benzene rings is 1. The van der Waals surface area contributed by atoms with E-state index in [9.17, 15) is 4.39 Å². The summed E-state index contributed by atoms with van der Waals surface area (Å²) in [6.45, 7) is 2.05. The lowest BCUT2D eigenvalue weighted by Crippen LogP contribution is -1.88. The Labute approximate surface area is 193 Å². The van der Waals surface area contributed by atoms with Crippen LogP contribution in [0.25, 0.3) is 55.7 Å². The summed E-state index contributed by atoms with van der Waals surface area (Å²) >= 11 is 0. The zero-order valence-electron chi connectivity index (χ0n) is 18.4. The molecule has 5 heterocycles. The van der Waals surface area contributed by atoms with Crippen molar-refractivity contribution < 1.29 is 9.13 Å². The Balaban J connectivity index is 1.51. The van der Waals surface area contributed by atoms with Crippen LogP contribution in [0.4, 0.5) is 4.39 Å². The lowest BCUT2D eigenvalue weighted by molar-refractivity contribution is 0.411. The Morgan fingerprint density at radius 3 is 2.62 bits per heavy atom. The quantitative estimate of drug-likeness (QED) is 0.360. The number of H-pyrrole nitrogens is 2. The number of hydrogen-bond donors (Lipinski definition) is 2. The second-order valence-electron chi connectivity index (χ2n) is 8.07. The number of methoxy groups -OCH3 is 1. The van der Waals surface area contributed by atoms with Gasteiger partial charge in [0.1, 0.15) is 22.9 Å². The highest BCUT2D eigenvalue weighted by Crippen LogP contribution is 2.35. The fourth-order valence-electron chi connectivity index (χ4n) is 4.26. The molecule has 34 heavy (non-hydrogen) atoms. The Bertz CT molecular complexity index is 1690. The second kappa shape index (κ2) is 7.77. The van der Waals surface area contributed by atoms with Crippen LogP contribution in [0.1, 0.15) is 5.56 Å². The van der Waals surface area contributed by atoms with Gasteiger partial charge in [-0.05, 0) is 60.0 Å². The van der Waals surface area contributed by atoms with Crippen LogP contribution in [0.5, 0.6) is 5.75 Å². The third-order valence-electron chi connectivity index (χ3n) is 5.97. The molecule has 0 unspecified atom stereocenters. The van der Waals surface area contributed by atoms with Crippen molar-refractivity contribution in [2.45, 2.75) is 6.92 Å². The van der Waals surface area contributed by atoms with Gasteiger partial charge in [-0.25, -0.2) is 14.4 Å². The van der Waals surface area contributed by atoms with E-state index < -0.39 is 0 Å². The zero-order valence-corrected chi connectivity index (χ0v) is 18.4. The highest BCUT2D eigenvalue weighted by molar-refractivity contribution is 6.00. The number of rotatable bonds is 4. The SMILES string of the molecule is COc1cc(F)cc(-c2ccnc3[nH]c(-c4n[nH]c5ncc(-c6cnccc6C)cc45)cc23)c1. The number of hydrogen-bond acceptors (Lipinski definition) is 5. The summed E-state index contributed by atoms with van der Waals surface area (Å²) in [7, 11) is 1.52. The smallest absolute Gasteiger partial charge is 0.155 e. The Morgan fingerprint density at radius 1 is 0.853 bits per heavy atom. The molecule has 0 saturated heterocycles. The van der Waals surface area contributed by atoms with Gasteiger partial charge < -0.3 is 9.72 Å². The summed E-state index contributed by atoms with van der Waals surface area (Å²) in [4.78, 5) is 16.6. The number of fused-ring (bicyclic) bond motifs is 2. The molecule has 0 atom stereocenters. The first-order chi connectivity index (χ1) is 16.6. The Hall–Kier alpha value is -4.59. The molecule has 5 aromatic heterocycles. The lowest BCUT2D eigenvalue weighted by atomic mass is 10.0. The number of aromatic amines is 2. The third-order valence-corrected chi connectivity index (χ3v) is 5.97. The van der Waals surface area contributed by atoms with Crippen molar-refractivity contribution in [3.63, 3.8) is 0 Å². The summed E-state index contributed by atoms with van der Waals surface area (Å²) in [6.07, 6.45) is 7.13. The van der Waals surface area contributed by atoms with Crippen LogP contribution in [0.2, 0.25) is 0 Å². The molecule has 0 aliphatic rings. The molecule has 0 fully saturated rings. The van der Waals surface area contributed by atoms with Crippen LogP contribution in [-0.4, -0.2) is 37.2 Å². The van der Waals surface area contributed by atoms with Crippen molar-refractivity contribution in [2.75, 3.05) is 7.11 Å². The van der Waals surface area contributed by atoms with E-state index in [1.54, 1.807) is 18.5 Å². The predicted octanol–water partition coefficient (Wildman–Crippen LogP) is 5.69. The summed E-state index contributed by atoms with van der Waals surface area (Å²) in [5.41, 5.74) is 7.52. The van der Waals surface area contributed by atoms with E-state index >= 15 is 0 Å². The van der Waals surface area contributed by atoms with Crippen molar-refractivity contribution in [1.82, 2.24) is 30.1 Å². The standard InChI is InChI=1S/C26H19FN6O/c1-14-3-5-28-13-22(14)16-9-21-24(32-33-26(21)30-12-16)23-11-20-19(4-6-29-25(20)31-23)15-7-17(27)10-18(8-15)34-2/h3-13H,1-2H3,(H,29,31)(H,30,32,33). The van der Waals surface area contributed by atoms with Crippen molar-refractivity contribution in [3.8, 4) is 39.4 Å². The molecular weight excluding hydrogens is 431 g/mol.